The number of anilines is 1. The minimum Gasteiger partial charge on any atom is -0.486 e. The van der Waals surface area contributed by atoms with Crippen molar-refractivity contribution < 1.29 is 18.7 Å². The van der Waals surface area contributed by atoms with E-state index in [0.717, 1.165) is 6.42 Å². The summed E-state index contributed by atoms with van der Waals surface area (Å²) in [6.45, 7) is 1.01. The second-order valence-corrected chi connectivity index (χ2v) is 6.23. The van der Waals surface area contributed by atoms with Gasteiger partial charge in [-0.3, -0.25) is 4.79 Å². The van der Waals surface area contributed by atoms with Crippen molar-refractivity contribution in [3.8, 4) is 11.5 Å². The van der Waals surface area contributed by atoms with Gasteiger partial charge in [0.2, 0.25) is 5.91 Å². The lowest BCUT2D eigenvalue weighted by Gasteiger charge is -2.40. The number of rotatable bonds is 3. The Kier molecular flexibility index (Phi) is 3.63. The molecule has 4 rings (SSSR count). The summed E-state index contributed by atoms with van der Waals surface area (Å²) in [4.78, 5) is 12.9. The van der Waals surface area contributed by atoms with Crippen LogP contribution < -0.4 is 14.8 Å². The van der Waals surface area contributed by atoms with Crippen LogP contribution in [0.5, 0.6) is 11.5 Å². The number of carbonyl (C=O) groups excluding carboxylic acids is 1. The fourth-order valence-electron chi connectivity index (χ4n) is 3.37. The van der Waals surface area contributed by atoms with E-state index in [9.17, 15) is 9.18 Å². The number of halogens is 1. The van der Waals surface area contributed by atoms with Crippen LogP contribution in [0, 0.1) is 5.82 Å². The number of carbonyl (C=O) groups is 1. The third-order valence-electron chi connectivity index (χ3n) is 4.83. The van der Waals surface area contributed by atoms with Crippen LogP contribution in [-0.2, 0) is 10.2 Å². The Labute approximate surface area is 139 Å². The van der Waals surface area contributed by atoms with Crippen molar-refractivity contribution in [3.63, 3.8) is 0 Å². The van der Waals surface area contributed by atoms with E-state index in [-0.39, 0.29) is 11.7 Å². The SMILES string of the molecule is O=C(Nc1ccc2c(c1)OCCO2)C1(c2ccccc2F)CCC1. The molecule has 4 nitrogen and oxygen atoms in total. The van der Waals surface area contributed by atoms with E-state index in [0.29, 0.717) is 48.8 Å². The largest absolute Gasteiger partial charge is 0.486 e. The molecule has 1 saturated carbocycles. The second kappa shape index (κ2) is 5.82. The highest BCUT2D eigenvalue weighted by molar-refractivity contribution is 6.00. The van der Waals surface area contributed by atoms with Crippen molar-refractivity contribution in [2.45, 2.75) is 24.7 Å². The van der Waals surface area contributed by atoms with E-state index in [2.05, 4.69) is 5.32 Å². The van der Waals surface area contributed by atoms with Gasteiger partial charge in [-0.2, -0.15) is 0 Å². The average molecular weight is 327 g/mol. The van der Waals surface area contributed by atoms with Crippen LogP contribution in [0.3, 0.4) is 0 Å². The van der Waals surface area contributed by atoms with Crippen molar-refractivity contribution in [2.75, 3.05) is 18.5 Å². The zero-order chi connectivity index (χ0) is 16.6. The van der Waals surface area contributed by atoms with Crippen LogP contribution in [0.2, 0.25) is 0 Å². The molecular formula is C19H18FNO3. The molecule has 0 spiro atoms. The first-order valence-corrected chi connectivity index (χ1v) is 8.15. The molecule has 124 valence electrons. The van der Waals surface area contributed by atoms with Gasteiger partial charge >= 0.3 is 0 Å². The third-order valence-corrected chi connectivity index (χ3v) is 4.83. The summed E-state index contributed by atoms with van der Waals surface area (Å²) < 4.78 is 25.2. The summed E-state index contributed by atoms with van der Waals surface area (Å²) >= 11 is 0. The molecule has 2 aromatic rings. The molecule has 0 radical (unpaired) electrons. The van der Waals surface area contributed by atoms with Gasteiger partial charge in [0.05, 0.1) is 5.41 Å². The van der Waals surface area contributed by atoms with Crippen molar-refractivity contribution >= 4 is 11.6 Å². The molecular weight excluding hydrogens is 309 g/mol. The summed E-state index contributed by atoms with van der Waals surface area (Å²) in [6.07, 6.45) is 2.23. The van der Waals surface area contributed by atoms with E-state index >= 15 is 0 Å². The first-order valence-electron chi connectivity index (χ1n) is 8.15. The molecule has 1 N–H and O–H groups in total. The van der Waals surface area contributed by atoms with Gasteiger partial charge in [-0.25, -0.2) is 4.39 Å². The first kappa shape index (κ1) is 15.0. The predicted octanol–water partition coefficient (Wildman–Crippen LogP) is 3.66. The molecule has 0 aromatic heterocycles. The maximum absolute atomic E-state index is 14.2. The quantitative estimate of drug-likeness (QED) is 0.936. The normalized spacial score (nSPS) is 17.7. The molecule has 1 fully saturated rings. The maximum atomic E-state index is 14.2. The zero-order valence-corrected chi connectivity index (χ0v) is 13.2. The molecule has 2 aliphatic rings. The lowest BCUT2D eigenvalue weighted by Crippen LogP contribution is -2.46. The number of benzene rings is 2. The van der Waals surface area contributed by atoms with Crippen LogP contribution in [-0.4, -0.2) is 19.1 Å². The van der Waals surface area contributed by atoms with Crippen molar-refractivity contribution in [1.82, 2.24) is 0 Å². The van der Waals surface area contributed by atoms with Gasteiger partial charge < -0.3 is 14.8 Å². The topological polar surface area (TPSA) is 47.6 Å². The number of fused-ring (bicyclic) bond motifs is 1. The minimum absolute atomic E-state index is 0.171. The molecule has 0 saturated heterocycles. The summed E-state index contributed by atoms with van der Waals surface area (Å²) in [7, 11) is 0. The lowest BCUT2D eigenvalue weighted by molar-refractivity contribution is -0.124. The van der Waals surface area contributed by atoms with Crippen LogP contribution >= 0.6 is 0 Å². The average Bonchev–Trinajstić information content (AvgIpc) is 2.55. The van der Waals surface area contributed by atoms with Crippen LogP contribution in [0.25, 0.3) is 0 Å². The van der Waals surface area contributed by atoms with Gasteiger partial charge in [0, 0.05) is 17.3 Å². The van der Waals surface area contributed by atoms with Crippen molar-refractivity contribution in [2.24, 2.45) is 0 Å². The standard InChI is InChI=1S/C19H18FNO3/c20-15-5-2-1-4-14(15)19(8-3-9-19)18(22)21-13-6-7-16-17(12-13)24-11-10-23-16/h1-2,4-7,12H,3,8-11H2,(H,21,22). The molecule has 0 unspecified atom stereocenters. The molecule has 0 bridgehead atoms. The number of hydrogen-bond donors (Lipinski definition) is 1. The van der Waals surface area contributed by atoms with Gasteiger partial charge in [-0.15, -0.1) is 0 Å². The van der Waals surface area contributed by atoms with E-state index in [4.69, 9.17) is 9.47 Å². The van der Waals surface area contributed by atoms with Gasteiger partial charge in [0.1, 0.15) is 19.0 Å². The Morgan fingerprint density at radius 2 is 1.79 bits per heavy atom. The summed E-state index contributed by atoms with van der Waals surface area (Å²) in [5, 5.41) is 2.92. The molecule has 1 aliphatic heterocycles. The predicted molar refractivity (Wildman–Crippen MR) is 88.0 cm³/mol. The third kappa shape index (κ3) is 2.40. The zero-order valence-electron chi connectivity index (χ0n) is 13.2. The molecule has 5 heteroatoms. The molecule has 24 heavy (non-hydrogen) atoms. The lowest BCUT2D eigenvalue weighted by atomic mass is 9.63. The van der Waals surface area contributed by atoms with Crippen molar-refractivity contribution in [3.05, 3.63) is 53.8 Å². The van der Waals surface area contributed by atoms with Crippen LogP contribution in [0.1, 0.15) is 24.8 Å². The highest BCUT2D eigenvalue weighted by Gasteiger charge is 2.47. The Bertz CT molecular complexity index is 786. The van der Waals surface area contributed by atoms with Crippen molar-refractivity contribution in [1.29, 1.82) is 0 Å². The fourth-order valence-corrected chi connectivity index (χ4v) is 3.37. The number of hydrogen-bond acceptors (Lipinski definition) is 3. The molecule has 1 heterocycles. The monoisotopic (exact) mass is 327 g/mol. The Morgan fingerprint density at radius 1 is 1.04 bits per heavy atom. The summed E-state index contributed by atoms with van der Waals surface area (Å²) in [5.74, 6) is 0.796. The number of ether oxygens (including phenoxy) is 2. The highest BCUT2D eigenvalue weighted by Crippen LogP contribution is 2.45. The van der Waals surface area contributed by atoms with Crippen LogP contribution in [0.4, 0.5) is 10.1 Å². The van der Waals surface area contributed by atoms with Crippen LogP contribution in [0.15, 0.2) is 42.5 Å². The van der Waals surface area contributed by atoms with E-state index < -0.39 is 5.41 Å². The minimum atomic E-state index is -0.779. The van der Waals surface area contributed by atoms with E-state index in [1.54, 1.807) is 36.4 Å². The van der Waals surface area contributed by atoms with E-state index in [1.807, 2.05) is 0 Å². The smallest absolute Gasteiger partial charge is 0.235 e. The number of amides is 1. The van der Waals surface area contributed by atoms with Gasteiger partial charge in [0.15, 0.2) is 11.5 Å². The summed E-state index contributed by atoms with van der Waals surface area (Å²) in [5.41, 5.74) is 0.330. The van der Waals surface area contributed by atoms with E-state index in [1.165, 1.54) is 6.07 Å². The molecule has 0 atom stereocenters. The molecule has 2 aromatic carbocycles. The summed E-state index contributed by atoms with van der Waals surface area (Å²) in [6, 6.07) is 11.8. The highest BCUT2D eigenvalue weighted by atomic mass is 19.1. The van der Waals surface area contributed by atoms with Gasteiger partial charge in [0.25, 0.3) is 0 Å². The number of nitrogens with one attached hydrogen (secondary N) is 1. The molecule has 1 aliphatic carbocycles. The van der Waals surface area contributed by atoms with Gasteiger partial charge in [-0.05, 0) is 31.0 Å². The Morgan fingerprint density at radius 3 is 2.50 bits per heavy atom. The fraction of sp³-hybridized carbons (Fsp3) is 0.316. The van der Waals surface area contributed by atoms with Gasteiger partial charge in [-0.1, -0.05) is 24.6 Å². The Balaban J connectivity index is 1.60. The first-order chi connectivity index (χ1) is 11.7. The maximum Gasteiger partial charge on any atom is 0.235 e. The second-order valence-electron chi connectivity index (χ2n) is 6.23. The molecule has 1 amide bonds. The Hall–Kier alpha value is -2.56.